The number of rotatable bonds is 4. The van der Waals surface area contributed by atoms with Gasteiger partial charge in [-0.2, -0.15) is 0 Å². The molecule has 0 saturated carbocycles. The Hall–Kier alpha value is -1.39. The first-order valence-electron chi connectivity index (χ1n) is 5.39. The van der Waals surface area contributed by atoms with Crippen LogP contribution in [-0.4, -0.2) is 40.3 Å². The smallest absolute Gasteiger partial charge is 0.326 e. The van der Waals surface area contributed by atoms with Gasteiger partial charge in [0.15, 0.2) is 0 Å². The standard InChI is InChI=1S/C11H17NO4/c1-4-11(2,3)8(13)9(14)12-6-5-7(12)10(15)16/h7H,4-6H2,1-3H3,(H,15,16)/t7-/m0/s1. The number of carboxylic acids is 1. The van der Waals surface area contributed by atoms with Crippen LogP contribution < -0.4 is 0 Å². The van der Waals surface area contributed by atoms with Crippen molar-refractivity contribution in [1.29, 1.82) is 0 Å². The Kier molecular flexibility index (Phi) is 3.35. The van der Waals surface area contributed by atoms with Gasteiger partial charge in [-0.15, -0.1) is 0 Å². The maximum absolute atomic E-state index is 11.8. The summed E-state index contributed by atoms with van der Waals surface area (Å²) in [5.41, 5.74) is -0.713. The lowest BCUT2D eigenvalue weighted by Crippen LogP contribution is -2.58. The zero-order valence-corrected chi connectivity index (χ0v) is 9.82. The normalized spacial score (nSPS) is 20.2. The van der Waals surface area contributed by atoms with Gasteiger partial charge in [-0.25, -0.2) is 4.79 Å². The molecule has 16 heavy (non-hydrogen) atoms. The van der Waals surface area contributed by atoms with Gasteiger partial charge in [0.25, 0.3) is 5.91 Å². The van der Waals surface area contributed by atoms with Gasteiger partial charge in [-0.05, 0) is 12.8 Å². The molecular weight excluding hydrogens is 210 g/mol. The molecule has 0 aromatic heterocycles. The van der Waals surface area contributed by atoms with Crippen LogP contribution in [0.1, 0.15) is 33.6 Å². The fourth-order valence-corrected chi connectivity index (χ4v) is 1.47. The Morgan fingerprint density at radius 1 is 1.38 bits per heavy atom. The van der Waals surface area contributed by atoms with Crippen molar-refractivity contribution >= 4 is 17.7 Å². The van der Waals surface area contributed by atoms with Gasteiger partial charge in [-0.3, -0.25) is 9.59 Å². The van der Waals surface area contributed by atoms with Crippen molar-refractivity contribution < 1.29 is 19.5 Å². The summed E-state index contributed by atoms with van der Waals surface area (Å²) in [5, 5.41) is 8.79. The third kappa shape index (κ3) is 2.08. The largest absolute Gasteiger partial charge is 0.480 e. The van der Waals surface area contributed by atoms with Crippen molar-refractivity contribution in [3.05, 3.63) is 0 Å². The average molecular weight is 227 g/mol. The van der Waals surface area contributed by atoms with E-state index in [1.807, 2.05) is 6.92 Å². The first-order chi connectivity index (χ1) is 7.31. The maximum Gasteiger partial charge on any atom is 0.326 e. The fraction of sp³-hybridized carbons (Fsp3) is 0.727. The van der Waals surface area contributed by atoms with Crippen LogP contribution in [0, 0.1) is 5.41 Å². The molecule has 1 aliphatic rings. The lowest BCUT2D eigenvalue weighted by Gasteiger charge is -2.38. The summed E-state index contributed by atoms with van der Waals surface area (Å²) >= 11 is 0. The molecular formula is C11H17NO4. The summed E-state index contributed by atoms with van der Waals surface area (Å²) < 4.78 is 0. The highest BCUT2D eigenvalue weighted by atomic mass is 16.4. The number of carbonyl (C=O) groups excluding carboxylic acids is 2. The molecule has 0 spiro atoms. The summed E-state index contributed by atoms with van der Waals surface area (Å²) in [4.78, 5) is 35.4. The first kappa shape index (κ1) is 12.7. The van der Waals surface area contributed by atoms with Gasteiger partial charge in [0.2, 0.25) is 5.78 Å². The Balaban J connectivity index is 2.73. The summed E-state index contributed by atoms with van der Waals surface area (Å²) in [6, 6.07) is -0.816. The molecule has 0 aromatic carbocycles. The summed E-state index contributed by atoms with van der Waals surface area (Å²) in [6.07, 6.45) is 0.990. The number of Topliss-reactive ketones (excluding diaryl/α,β-unsaturated/α-hetero) is 1. The molecule has 5 heteroatoms. The molecule has 1 saturated heterocycles. The minimum Gasteiger partial charge on any atom is -0.480 e. The number of carboxylic acid groups (broad SMARTS) is 1. The van der Waals surface area contributed by atoms with Gasteiger partial charge in [0.05, 0.1) is 0 Å². The van der Waals surface area contributed by atoms with E-state index in [4.69, 9.17) is 5.11 Å². The number of ketones is 1. The van der Waals surface area contributed by atoms with Crippen LogP contribution in [0.5, 0.6) is 0 Å². The van der Waals surface area contributed by atoms with E-state index in [0.717, 1.165) is 4.90 Å². The van der Waals surface area contributed by atoms with Crippen LogP contribution in [0.3, 0.4) is 0 Å². The third-order valence-corrected chi connectivity index (χ3v) is 3.26. The molecule has 1 amide bonds. The van der Waals surface area contributed by atoms with Crippen molar-refractivity contribution in [3.8, 4) is 0 Å². The number of likely N-dealkylation sites (tertiary alicyclic amines) is 1. The predicted octanol–water partition coefficient (Wildman–Crippen LogP) is 0.677. The van der Waals surface area contributed by atoms with Gasteiger partial charge < -0.3 is 10.0 Å². The van der Waals surface area contributed by atoms with E-state index in [0.29, 0.717) is 19.4 Å². The molecule has 1 aliphatic heterocycles. The van der Waals surface area contributed by atoms with Crippen molar-refractivity contribution in [1.82, 2.24) is 4.90 Å². The van der Waals surface area contributed by atoms with Crippen molar-refractivity contribution in [3.63, 3.8) is 0 Å². The number of hydrogen-bond donors (Lipinski definition) is 1. The van der Waals surface area contributed by atoms with Crippen LogP contribution in [-0.2, 0) is 14.4 Å². The third-order valence-electron chi connectivity index (χ3n) is 3.26. The molecule has 5 nitrogen and oxygen atoms in total. The van der Waals surface area contributed by atoms with E-state index in [9.17, 15) is 14.4 Å². The monoisotopic (exact) mass is 227 g/mol. The van der Waals surface area contributed by atoms with Crippen LogP contribution in [0.25, 0.3) is 0 Å². The Morgan fingerprint density at radius 2 is 1.94 bits per heavy atom. The van der Waals surface area contributed by atoms with E-state index >= 15 is 0 Å². The molecule has 0 unspecified atom stereocenters. The van der Waals surface area contributed by atoms with Crippen molar-refractivity contribution in [2.45, 2.75) is 39.7 Å². The number of nitrogens with zero attached hydrogens (tertiary/aromatic N) is 1. The predicted molar refractivity (Wildman–Crippen MR) is 56.8 cm³/mol. The van der Waals surface area contributed by atoms with E-state index in [1.165, 1.54) is 0 Å². The topological polar surface area (TPSA) is 74.7 Å². The molecule has 1 fully saturated rings. The zero-order chi connectivity index (χ0) is 12.5. The minimum atomic E-state index is -1.04. The molecule has 1 N–H and O–H groups in total. The molecule has 1 rings (SSSR count). The lowest BCUT2D eigenvalue weighted by atomic mass is 9.84. The summed E-state index contributed by atoms with van der Waals surface area (Å²) in [5.74, 6) is -2.20. The molecule has 0 aliphatic carbocycles. The van der Waals surface area contributed by atoms with Gasteiger partial charge >= 0.3 is 5.97 Å². The van der Waals surface area contributed by atoms with E-state index in [1.54, 1.807) is 13.8 Å². The minimum absolute atomic E-state index is 0.362. The second-order valence-electron chi connectivity index (χ2n) is 4.71. The highest BCUT2D eigenvalue weighted by Gasteiger charge is 2.43. The van der Waals surface area contributed by atoms with E-state index in [-0.39, 0.29) is 0 Å². The Labute approximate surface area is 94.4 Å². The second kappa shape index (κ2) is 4.23. The SMILES string of the molecule is CCC(C)(C)C(=O)C(=O)N1CC[C@H]1C(=O)O. The number of amides is 1. The molecule has 0 radical (unpaired) electrons. The van der Waals surface area contributed by atoms with Gasteiger partial charge in [0, 0.05) is 12.0 Å². The average Bonchev–Trinajstić information content (AvgIpc) is 2.13. The highest BCUT2D eigenvalue weighted by molar-refractivity contribution is 6.38. The van der Waals surface area contributed by atoms with Crippen molar-refractivity contribution in [2.24, 2.45) is 5.41 Å². The van der Waals surface area contributed by atoms with Crippen LogP contribution in [0.15, 0.2) is 0 Å². The molecule has 0 aromatic rings. The summed E-state index contributed by atoms with van der Waals surface area (Å²) in [7, 11) is 0. The fourth-order valence-electron chi connectivity index (χ4n) is 1.47. The van der Waals surface area contributed by atoms with Gasteiger partial charge in [0.1, 0.15) is 6.04 Å². The van der Waals surface area contributed by atoms with Gasteiger partial charge in [-0.1, -0.05) is 20.8 Å². The van der Waals surface area contributed by atoms with E-state index < -0.39 is 29.1 Å². The van der Waals surface area contributed by atoms with Crippen LogP contribution in [0.4, 0.5) is 0 Å². The Morgan fingerprint density at radius 3 is 2.25 bits per heavy atom. The second-order valence-corrected chi connectivity index (χ2v) is 4.71. The lowest BCUT2D eigenvalue weighted by molar-refractivity contribution is -0.162. The van der Waals surface area contributed by atoms with Crippen molar-refractivity contribution in [2.75, 3.05) is 6.54 Å². The molecule has 90 valence electrons. The quantitative estimate of drug-likeness (QED) is 0.716. The van der Waals surface area contributed by atoms with E-state index in [2.05, 4.69) is 0 Å². The molecule has 1 heterocycles. The highest BCUT2D eigenvalue weighted by Crippen LogP contribution is 2.25. The molecule has 0 bridgehead atoms. The number of aliphatic carboxylic acids is 1. The Bertz CT molecular complexity index is 335. The number of hydrogen-bond acceptors (Lipinski definition) is 3. The number of carbonyl (C=O) groups is 3. The maximum atomic E-state index is 11.8. The first-order valence-corrected chi connectivity index (χ1v) is 5.39. The van der Waals surface area contributed by atoms with Crippen LogP contribution >= 0.6 is 0 Å². The zero-order valence-electron chi connectivity index (χ0n) is 9.82. The molecule has 1 atom stereocenters. The summed E-state index contributed by atoms with van der Waals surface area (Å²) in [6.45, 7) is 5.59. The van der Waals surface area contributed by atoms with Crippen LogP contribution in [0.2, 0.25) is 0 Å².